The number of carbonyl (C=O) groups is 3. The number of rotatable bonds is 11. The smallest absolute Gasteiger partial charge is 0.344 e. The molecule has 1 fully saturated rings. The van der Waals surface area contributed by atoms with Crippen molar-refractivity contribution in [3.63, 3.8) is 0 Å². The Bertz CT molecular complexity index is 1800. The number of carbonyl (C=O) groups excluding carboxylic acids is 3. The van der Waals surface area contributed by atoms with E-state index < -0.39 is 17.8 Å². The van der Waals surface area contributed by atoms with Crippen molar-refractivity contribution in [1.82, 2.24) is 4.90 Å². The molecule has 3 aromatic carbocycles. The zero-order chi connectivity index (χ0) is 33.1. The molecule has 8 nitrogen and oxygen atoms in total. The fourth-order valence-electron chi connectivity index (χ4n) is 7.12. The third-order valence-corrected chi connectivity index (χ3v) is 10.1. The maximum atomic E-state index is 13.8. The Morgan fingerprint density at radius 2 is 1.60 bits per heavy atom. The van der Waals surface area contributed by atoms with Gasteiger partial charge in [0.25, 0.3) is 5.91 Å². The third-order valence-electron chi connectivity index (χ3n) is 9.50. The largest absolute Gasteiger partial charge is 0.461 e. The van der Waals surface area contributed by atoms with E-state index in [0.29, 0.717) is 22.2 Å². The monoisotopic (exact) mass is 700 g/mol. The van der Waals surface area contributed by atoms with Crippen LogP contribution in [0.2, 0.25) is 0 Å². The van der Waals surface area contributed by atoms with E-state index in [-0.39, 0.29) is 28.2 Å². The van der Waals surface area contributed by atoms with Gasteiger partial charge in [-0.25, -0.2) is 9.59 Å². The van der Waals surface area contributed by atoms with Crippen LogP contribution in [0.4, 0.5) is 5.69 Å². The van der Waals surface area contributed by atoms with Crippen molar-refractivity contribution >= 4 is 50.4 Å². The van der Waals surface area contributed by atoms with Crippen molar-refractivity contribution in [3.05, 3.63) is 87.1 Å². The van der Waals surface area contributed by atoms with Crippen molar-refractivity contribution in [1.29, 1.82) is 0 Å². The molecule has 2 heterocycles. The van der Waals surface area contributed by atoms with Gasteiger partial charge in [0.05, 0.1) is 21.2 Å². The molecule has 1 aliphatic heterocycles. The van der Waals surface area contributed by atoms with Crippen LogP contribution in [0.5, 0.6) is 11.5 Å². The second-order valence-corrected chi connectivity index (χ2v) is 13.2. The summed E-state index contributed by atoms with van der Waals surface area (Å²) >= 11 is 3.38. The number of halogens is 1. The average Bonchev–Trinajstić information content (AvgIpc) is 3.72. The molecule has 2 aliphatic rings. The number of furan rings is 1. The number of benzene rings is 3. The fraction of sp³-hybridized carbons (Fsp3) is 0.395. The molecule has 246 valence electrons. The number of ether oxygens (including phenoxy) is 2. The van der Waals surface area contributed by atoms with Gasteiger partial charge in [-0.3, -0.25) is 9.69 Å². The predicted octanol–water partition coefficient (Wildman–Crippen LogP) is 9.13. The Kier molecular flexibility index (Phi) is 10.1. The van der Waals surface area contributed by atoms with Crippen LogP contribution in [0.25, 0.3) is 11.0 Å². The molecule has 0 radical (unpaired) electrons. The van der Waals surface area contributed by atoms with Crippen LogP contribution in [0.15, 0.2) is 63.5 Å². The summed E-state index contributed by atoms with van der Waals surface area (Å²) in [7, 11) is 0. The van der Waals surface area contributed by atoms with Crippen molar-refractivity contribution in [2.45, 2.75) is 90.6 Å². The van der Waals surface area contributed by atoms with Crippen LogP contribution in [0, 0.1) is 0 Å². The second-order valence-electron chi connectivity index (χ2n) is 12.4. The SMILES string of the molecule is CCCc1oc2ccc(NC(=O)c3ccc(Br)c4c3OC(=O)c3ccccc3C(=O)O4)cc2c1CCN(C(CC)CC)C1CCCC1. The molecule has 0 bridgehead atoms. The molecule has 0 unspecified atom stereocenters. The first kappa shape index (κ1) is 33.0. The minimum atomic E-state index is -0.751. The molecule has 6 rings (SSSR count). The number of esters is 2. The number of fused-ring (bicyclic) bond motifs is 3. The Morgan fingerprint density at radius 3 is 2.26 bits per heavy atom. The number of nitrogens with one attached hydrogen (secondary N) is 1. The first-order chi connectivity index (χ1) is 22.8. The lowest BCUT2D eigenvalue weighted by Crippen LogP contribution is -2.42. The third kappa shape index (κ3) is 6.74. The molecule has 0 saturated heterocycles. The standard InChI is InChI=1S/C38H41BrN2O6/c1-4-11-32-26(20-21-41(24(5-2)6-3)25-12-7-8-13-25)30-22-23(16-19-33(30)45-32)40-36(42)29-17-18-31(39)35-34(29)46-37(43)27-14-9-10-15-28(27)38(44)47-35/h9-10,14-19,22,24-25H,4-8,11-13,20-21H2,1-3H3,(H,40,42). The molecular weight excluding hydrogens is 660 g/mol. The quantitative estimate of drug-likeness (QED) is 0.123. The Hall–Kier alpha value is -3.95. The van der Waals surface area contributed by atoms with Gasteiger partial charge < -0.3 is 19.2 Å². The molecule has 0 spiro atoms. The Balaban J connectivity index is 1.30. The van der Waals surface area contributed by atoms with E-state index in [2.05, 4.69) is 46.9 Å². The molecule has 1 saturated carbocycles. The highest BCUT2D eigenvalue weighted by molar-refractivity contribution is 9.10. The Labute approximate surface area is 283 Å². The van der Waals surface area contributed by atoms with E-state index in [1.54, 1.807) is 18.2 Å². The second kappa shape index (κ2) is 14.4. The van der Waals surface area contributed by atoms with Gasteiger partial charge in [0.1, 0.15) is 11.3 Å². The predicted molar refractivity (Wildman–Crippen MR) is 186 cm³/mol. The Morgan fingerprint density at radius 1 is 0.915 bits per heavy atom. The van der Waals surface area contributed by atoms with Crippen LogP contribution >= 0.6 is 15.9 Å². The number of hydrogen-bond donors (Lipinski definition) is 1. The minimum absolute atomic E-state index is 0.0356. The van der Waals surface area contributed by atoms with Crippen molar-refractivity contribution in [2.24, 2.45) is 0 Å². The van der Waals surface area contributed by atoms with E-state index in [1.807, 2.05) is 18.2 Å². The maximum Gasteiger partial charge on any atom is 0.344 e. The molecule has 0 atom stereocenters. The zero-order valence-electron chi connectivity index (χ0n) is 27.2. The summed E-state index contributed by atoms with van der Waals surface area (Å²) in [6, 6.07) is 16.3. The van der Waals surface area contributed by atoms with Crippen LogP contribution in [-0.4, -0.2) is 41.4 Å². The summed E-state index contributed by atoms with van der Waals surface area (Å²) in [5.74, 6) is -1.14. The van der Waals surface area contributed by atoms with Gasteiger partial charge >= 0.3 is 11.9 Å². The van der Waals surface area contributed by atoms with Gasteiger partial charge in [-0.15, -0.1) is 0 Å². The van der Waals surface area contributed by atoms with Crippen molar-refractivity contribution in [3.8, 4) is 11.5 Å². The van der Waals surface area contributed by atoms with E-state index in [9.17, 15) is 14.4 Å². The lowest BCUT2D eigenvalue weighted by molar-refractivity contribution is 0.0644. The highest BCUT2D eigenvalue weighted by atomic mass is 79.9. The number of hydrogen-bond acceptors (Lipinski definition) is 7. The molecule has 1 N–H and O–H groups in total. The van der Waals surface area contributed by atoms with Gasteiger partial charge in [0.15, 0.2) is 11.5 Å². The summed E-state index contributed by atoms with van der Waals surface area (Å²) in [5.41, 5.74) is 2.77. The molecule has 4 aromatic rings. The number of aryl methyl sites for hydroxylation is 1. The summed E-state index contributed by atoms with van der Waals surface area (Å²) in [6.07, 6.45) is 10.1. The average molecular weight is 702 g/mol. The molecule has 47 heavy (non-hydrogen) atoms. The van der Waals surface area contributed by atoms with Gasteiger partial charge in [0, 0.05) is 41.7 Å². The van der Waals surface area contributed by atoms with Crippen LogP contribution in [0.3, 0.4) is 0 Å². The lowest BCUT2D eigenvalue weighted by Gasteiger charge is -2.36. The normalized spacial score (nSPS) is 14.9. The molecule has 9 heteroatoms. The van der Waals surface area contributed by atoms with Crippen LogP contribution < -0.4 is 14.8 Å². The maximum absolute atomic E-state index is 13.8. The fourth-order valence-corrected chi connectivity index (χ4v) is 7.52. The number of amides is 1. The van der Waals surface area contributed by atoms with E-state index in [4.69, 9.17) is 13.9 Å². The first-order valence-corrected chi connectivity index (χ1v) is 17.6. The summed E-state index contributed by atoms with van der Waals surface area (Å²) < 4.78 is 18.1. The summed E-state index contributed by atoms with van der Waals surface area (Å²) in [6.45, 7) is 7.70. The van der Waals surface area contributed by atoms with Crippen LogP contribution in [-0.2, 0) is 12.8 Å². The highest BCUT2D eigenvalue weighted by Gasteiger charge is 2.31. The topological polar surface area (TPSA) is 98.1 Å². The first-order valence-electron chi connectivity index (χ1n) is 16.8. The van der Waals surface area contributed by atoms with E-state index in [1.165, 1.54) is 49.4 Å². The molecular formula is C38H41BrN2O6. The lowest BCUT2D eigenvalue weighted by atomic mass is 10.0. The van der Waals surface area contributed by atoms with Gasteiger partial charge in [0.2, 0.25) is 0 Å². The van der Waals surface area contributed by atoms with Crippen molar-refractivity contribution < 1.29 is 28.3 Å². The van der Waals surface area contributed by atoms with Gasteiger partial charge in [-0.1, -0.05) is 45.7 Å². The van der Waals surface area contributed by atoms with E-state index >= 15 is 0 Å². The molecule has 1 amide bonds. The summed E-state index contributed by atoms with van der Waals surface area (Å²) in [5, 5.41) is 3.97. The number of nitrogens with zero attached hydrogens (tertiary/aromatic N) is 1. The van der Waals surface area contributed by atoms with Gasteiger partial charge in [-0.05, 0) is 96.9 Å². The van der Waals surface area contributed by atoms with Gasteiger partial charge in [-0.2, -0.15) is 0 Å². The van der Waals surface area contributed by atoms with Crippen molar-refractivity contribution in [2.75, 3.05) is 11.9 Å². The summed E-state index contributed by atoms with van der Waals surface area (Å²) in [4.78, 5) is 42.6. The highest BCUT2D eigenvalue weighted by Crippen LogP contribution is 2.41. The van der Waals surface area contributed by atoms with Crippen LogP contribution in [0.1, 0.15) is 108 Å². The molecule has 1 aliphatic carbocycles. The number of anilines is 1. The minimum Gasteiger partial charge on any atom is -0.461 e. The zero-order valence-corrected chi connectivity index (χ0v) is 28.8. The molecule has 1 aromatic heterocycles. The van der Waals surface area contributed by atoms with E-state index in [0.717, 1.165) is 55.4 Å².